The summed E-state index contributed by atoms with van der Waals surface area (Å²) in [6.07, 6.45) is 7.62. The number of amides is 1. The van der Waals surface area contributed by atoms with Crippen LogP contribution in [0.25, 0.3) is 0 Å². The van der Waals surface area contributed by atoms with Crippen LogP contribution in [0.5, 0.6) is 0 Å². The Labute approximate surface area is 162 Å². The Morgan fingerprint density at radius 1 is 1.00 bits per heavy atom. The molecule has 0 spiro atoms. The normalized spacial score (nSPS) is 18.8. The van der Waals surface area contributed by atoms with E-state index in [9.17, 15) is 4.79 Å². The molecule has 0 atom stereocenters. The second kappa shape index (κ2) is 8.24. The van der Waals surface area contributed by atoms with Gasteiger partial charge in [0, 0.05) is 42.7 Å². The Bertz CT molecular complexity index is 786. The summed E-state index contributed by atoms with van der Waals surface area (Å²) in [5.41, 5.74) is 5.02. The highest BCUT2D eigenvalue weighted by Gasteiger charge is 2.30. The Morgan fingerprint density at radius 3 is 2.48 bits per heavy atom. The number of pyridine rings is 1. The van der Waals surface area contributed by atoms with E-state index in [1.165, 1.54) is 29.7 Å². The first kappa shape index (κ1) is 18.2. The minimum atomic E-state index is 0.303. The van der Waals surface area contributed by atoms with Crippen LogP contribution in [0, 0.1) is 12.8 Å². The van der Waals surface area contributed by atoms with Crippen molar-refractivity contribution in [2.24, 2.45) is 5.92 Å². The van der Waals surface area contributed by atoms with Crippen LogP contribution in [0.2, 0.25) is 0 Å². The third-order valence-electron chi connectivity index (χ3n) is 6.39. The Hall–Kier alpha value is -2.16. The maximum atomic E-state index is 12.6. The highest BCUT2D eigenvalue weighted by Crippen LogP contribution is 2.31. The van der Waals surface area contributed by atoms with Crippen molar-refractivity contribution in [2.45, 2.75) is 57.8 Å². The van der Waals surface area contributed by atoms with E-state index in [-0.39, 0.29) is 0 Å². The van der Waals surface area contributed by atoms with E-state index in [1.807, 2.05) is 0 Å². The number of aryl methyl sites for hydroxylation is 1. The zero-order valence-electron chi connectivity index (χ0n) is 16.4. The molecule has 1 amide bonds. The van der Waals surface area contributed by atoms with Crippen LogP contribution in [-0.2, 0) is 11.2 Å². The summed E-state index contributed by atoms with van der Waals surface area (Å²) in [6, 6.07) is 15.0. The van der Waals surface area contributed by atoms with E-state index in [4.69, 9.17) is 4.98 Å². The van der Waals surface area contributed by atoms with Gasteiger partial charge >= 0.3 is 0 Å². The molecule has 142 valence electrons. The average Bonchev–Trinajstić information content (AvgIpc) is 3.24. The van der Waals surface area contributed by atoms with Crippen molar-refractivity contribution >= 4 is 5.91 Å². The molecule has 2 aromatic rings. The molecular weight excluding hydrogens is 332 g/mol. The molecule has 1 aliphatic carbocycles. The number of carbonyl (C=O) groups is 1. The van der Waals surface area contributed by atoms with E-state index in [0.717, 1.165) is 50.9 Å². The number of piperidine rings is 1. The Balaban J connectivity index is 1.38. The van der Waals surface area contributed by atoms with Crippen molar-refractivity contribution in [3.8, 4) is 0 Å². The zero-order valence-corrected chi connectivity index (χ0v) is 16.4. The van der Waals surface area contributed by atoms with Gasteiger partial charge in [-0.05, 0) is 55.9 Å². The summed E-state index contributed by atoms with van der Waals surface area (Å²) in [4.78, 5) is 19.7. The van der Waals surface area contributed by atoms with Crippen molar-refractivity contribution in [1.29, 1.82) is 0 Å². The fourth-order valence-corrected chi connectivity index (χ4v) is 4.65. The summed E-state index contributed by atoms with van der Waals surface area (Å²) >= 11 is 0. The largest absolute Gasteiger partial charge is 0.342 e. The fraction of sp³-hybridized carbons (Fsp3) is 0.500. The summed E-state index contributed by atoms with van der Waals surface area (Å²) in [5.74, 6) is 1.19. The minimum Gasteiger partial charge on any atom is -0.342 e. The van der Waals surface area contributed by atoms with Crippen LogP contribution < -0.4 is 0 Å². The van der Waals surface area contributed by atoms with Crippen LogP contribution in [0.3, 0.4) is 0 Å². The third-order valence-corrected chi connectivity index (χ3v) is 6.39. The average molecular weight is 363 g/mol. The van der Waals surface area contributed by atoms with Crippen LogP contribution in [0.1, 0.15) is 67.0 Å². The predicted octanol–water partition coefficient (Wildman–Crippen LogP) is 4.88. The summed E-state index contributed by atoms with van der Waals surface area (Å²) in [5, 5.41) is 0. The van der Waals surface area contributed by atoms with E-state index >= 15 is 0 Å². The van der Waals surface area contributed by atoms with Gasteiger partial charge in [0.15, 0.2) is 0 Å². The molecule has 0 N–H and O–H groups in total. The molecule has 1 aromatic carbocycles. The Kier molecular flexibility index (Phi) is 5.56. The molecule has 0 radical (unpaired) electrons. The number of likely N-dealkylation sites (tertiary alicyclic amines) is 1. The van der Waals surface area contributed by atoms with Crippen molar-refractivity contribution < 1.29 is 4.79 Å². The summed E-state index contributed by atoms with van der Waals surface area (Å²) < 4.78 is 0. The summed E-state index contributed by atoms with van der Waals surface area (Å²) in [6.45, 7) is 3.95. The SMILES string of the molecule is Cc1ccccc1Cc1cccc(C2CCN(C(=O)C3CCCC3)CC2)n1. The zero-order chi connectivity index (χ0) is 18.6. The van der Waals surface area contributed by atoms with Gasteiger partial charge in [0.1, 0.15) is 0 Å². The molecule has 1 aromatic heterocycles. The molecule has 0 unspecified atom stereocenters. The van der Waals surface area contributed by atoms with Gasteiger partial charge in [0.25, 0.3) is 0 Å². The smallest absolute Gasteiger partial charge is 0.225 e. The van der Waals surface area contributed by atoms with E-state index in [2.05, 4.69) is 54.3 Å². The van der Waals surface area contributed by atoms with Crippen LogP contribution in [0.4, 0.5) is 0 Å². The second-order valence-corrected chi connectivity index (χ2v) is 8.24. The first-order chi connectivity index (χ1) is 13.2. The van der Waals surface area contributed by atoms with Gasteiger partial charge in [-0.2, -0.15) is 0 Å². The van der Waals surface area contributed by atoms with Gasteiger partial charge in [-0.1, -0.05) is 43.2 Å². The molecule has 3 nitrogen and oxygen atoms in total. The van der Waals surface area contributed by atoms with Gasteiger partial charge in [-0.15, -0.1) is 0 Å². The molecule has 27 heavy (non-hydrogen) atoms. The molecular formula is C24H30N2O. The quantitative estimate of drug-likeness (QED) is 0.777. The second-order valence-electron chi connectivity index (χ2n) is 8.24. The van der Waals surface area contributed by atoms with Gasteiger partial charge in [-0.25, -0.2) is 0 Å². The number of hydrogen-bond donors (Lipinski definition) is 0. The van der Waals surface area contributed by atoms with Crippen LogP contribution in [0.15, 0.2) is 42.5 Å². The topological polar surface area (TPSA) is 33.2 Å². The number of carbonyl (C=O) groups excluding carboxylic acids is 1. The lowest BCUT2D eigenvalue weighted by molar-refractivity contribution is -0.136. The number of nitrogens with zero attached hydrogens (tertiary/aromatic N) is 2. The number of rotatable bonds is 4. The van der Waals surface area contributed by atoms with E-state index in [1.54, 1.807) is 0 Å². The maximum Gasteiger partial charge on any atom is 0.225 e. The minimum absolute atomic E-state index is 0.303. The molecule has 3 heteroatoms. The highest BCUT2D eigenvalue weighted by atomic mass is 16.2. The Morgan fingerprint density at radius 2 is 1.74 bits per heavy atom. The van der Waals surface area contributed by atoms with Crippen molar-refractivity contribution in [3.63, 3.8) is 0 Å². The first-order valence-electron chi connectivity index (χ1n) is 10.5. The van der Waals surface area contributed by atoms with Crippen molar-refractivity contribution in [3.05, 3.63) is 65.0 Å². The maximum absolute atomic E-state index is 12.6. The van der Waals surface area contributed by atoms with Crippen molar-refractivity contribution in [2.75, 3.05) is 13.1 Å². The summed E-state index contributed by atoms with van der Waals surface area (Å²) in [7, 11) is 0. The lowest BCUT2D eigenvalue weighted by Gasteiger charge is -2.33. The monoisotopic (exact) mass is 362 g/mol. The number of hydrogen-bond acceptors (Lipinski definition) is 2. The fourth-order valence-electron chi connectivity index (χ4n) is 4.65. The van der Waals surface area contributed by atoms with Crippen LogP contribution >= 0.6 is 0 Å². The number of aromatic nitrogens is 1. The molecule has 0 bridgehead atoms. The molecule has 2 fully saturated rings. The number of benzene rings is 1. The standard InChI is InChI=1S/C24H30N2O/c1-18-7-2-3-10-21(18)17-22-11-6-12-23(25-22)19-13-15-26(16-14-19)24(27)20-8-4-5-9-20/h2-3,6-7,10-12,19-20H,4-5,8-9,13-17H2,1H3. The van der Waals surface area contributed by atoms with Gasteiger partial charge in [0.2, 0.25) is 5.91 Å². The third kappa shape index (κ3) is 4.23. The molecule has 4 rings (SSSR count). The van der Waals surface area contributed by atoms with E-state index in [0.29, 0.717) is 17.7 Å². The van der Waals surface area contributed by atoms with Gasteiger partial charge in [-0.3, -0.25) is 9.78 Å². The molecule has 1 aliphatic heterocycles. The molecule has 2 aliphatic rings. The molecule has 1 saturated carbocycles. The van der Waals surface area contributed by atoms with Gasteiger partial charge in [0.05, 0.1) is 0 Å². The molecule has 2 heterocycles. The van der Waals surface area contributed by atoms with Crippen LogP contribution in [-0.4, -0.2) is 28.9 Å². The van der Waals surface area contributed by atoms with Crippen molar-refractivity contribution in [1.82, 2.24) is 9.88 Å². The van der Waals surface area contributed by atoms with E-state index < -0.39 is 0 Å². The highest BCUT2D eigenvalue weighted by molar-refractivity contribution is 5.79. The lowest BCUT2D eigenvalue weighted by Crippen LogP contribution is -2.40. The molecule has 1 saturated heterocycles. The predicted molar refractivity (Wildman–Crippen MR) is 109 cm³/mol. The lowest BCUT2D eigenvalue weighted by atomic mass is 9.91. The first-order valence-corrected chi connectivity index (χ1v) is 10.5. The van der Waals surface area contributed by atoms with Gasteiger partial charge < -0.3 is 4.90 Å².